The number of likely N-dealkylation sites (N-methyl/N-ethyl adjacent to an activating group) is 1. The molecule has 1 aromatic heterocycles. The molecule has 0 unspecified atom stereocenters. The molecule has 4 nitrogen and oxygen atoms in total. The van der Waals surface area contributed by atoms with E-state index >= 15 is 0 Å². The second-order valence-corrected chi connectivity index (χ2v) is 4.69. The molecular weight excluding hydrogens is 216 g/mol. The van der Waals surface area contributed by atoms with Crippen LogP contribution in [-0.4, -0.2) is 40.8 Å². The molecule has 1 rings (SSSR count). The molecule has 0 bridgehead atoms. The van der Waals surface area contributed by atoms with Gasteiger partial charge in [0.1, 0.15) is 0 Å². The van der Waals surface area contributed by atoms with E-state index in [-0.39, 0.29) is 12.1 Å². The molecule has 96 valence electrons. The highest BCUT2D eigenvalue weighted by Gasteiger charge is 2.24. The van der Waals surface area contributed by atoms with Crippen molar-refractivity contribution >= 4 is 0 Å². The minimum Gasteiger partial charge on any atom is -0.481 e. The molecule has 0 spiro atoms. The highest BCUT2D eigenvalue weighted by Crippen LogP contribution is 2.17. The van der Waals surface area contributed by atoms with Crippen LogP contribution in [0.1, 0.15) is 26.3 Å². The Morgan fingerprint density at radius 1 is 1.41 bits per heavy atom. The van der Waals surface area contributed by atoms with E-state index in [2.05, 4.69) is 16.8 Å². The molecule has 0 fully saturated rings. The van der Waals surface area contributed by atoms with Gasteiger partial charge in [-0.25, -0.2) is 4.98 Å². The van der Waals surface area contributed by atoms with Crippen molar-refractivity contribution in [2.45, 2.75) is 32.9 Å². The number of hydrogen-bond donors (Lipinski definition) is 1. The number of ether oxygens (including phenoxy) is 1. The van der Waals surface area contributed by atoms with Gasteiger partial charge >= 0.3 is 0 Å². The second kappa shape index (κ2) is 5.98. The first kappa shape index (κ1) is 13.9. The lowest BCUT2D eigenvalue weighted by Gasteiger charge is -2.36. The standard InChI is InChI=1S/C13H22N2O2/c1-5-15(13(2,3)10-16)9-11-6-7-12(17-4)14-8-11/h6-8,16H,5,9-10H2,1-4H3. The van der Waals surface area contributed by atoms with Crippen LogP contribution in [0.4, 0.5) is 0 Å². The SMILES string of the molecule is CCN(Cc1ccc(OC)nc1)C(C)(C)CO. The van der Waals surface area contributed by atoms with Crippen LogP contribution in [0.25, 0.3) is 0 Å². The zero-order valence-corrected chi connectivity index (χ0v) is 11.1. The summed E-state index contributed by atoms with van der Waals surface area (Å²) in [5.41, 5.74) is 0.906. The lowest BCUT2D eigenvalue weighted by atomic mass is 10.0. The van der Waals surface area contributed by atoms with Crippen LogP contribution >= 0.6 is 0 Å². The summed E-state index contributed by atoms with van der Waals surface area (Å²) < 4.78 is 5.02. The van der Waals surface area contributed by atoms with E-state index in [0.717, 1.165) is 18.7 Å². The maximum absolute atomic E-state index is 9.38. The van der Waals surface area contributed by atoms with Gasteiger partial charge in [-0.05, 0) is 26.0 Å². The van der Waals surface area contributed by atoms with Crippen LogP contribution in [0.3, 0.4) is 0 Å². The third-order valence-electron chi connectivity index (χ3n) is 3.00. The fraction of sp³-hybridized carbons (Fsp3) is 0.615. The van der Waals surface area contributed by atoms with Gasteiger partial charge < -0.3 is 9.84 Å². The quantitative estimate of drug-likeness (QED) is 0.819. The predicted molar refractivity (Wildman–Crippen MR) is 68.0 cm³/mol. The monoisotopic (exact) mass is 238 g/mol. The number of rotatable bonds is 6. The third-order valence-corrected chi connectivity index (χ3v) is 3.00. The van der Waals surface area contributed by atoms with Crippen molar-refractivity contribution in [2.75, 3.05) is 20.3 Å². The van der Waals surface area contributed by atoms with E-state index in [1.165, 1.54) is 0 Å². The van der Waals surface area contributed by atoms with E-state index in [1.807, 2.05) is 32.2 Å². The largest absolute Gasteiger partial charge is 0.481 e. The van der Waals surface area contributed by atoms with Crippen LogP contribution in [0.5, 0.6) is 5.88 Å². The molecule has 4 heteroatoms. The highest BCUT2D eigenvalue weighted by atomic mass is 16.5. The molecule has 0 aliphatic carbocycles. The fourth-order valence-corrected chi connectivity index (χ4v) is 1.70. The summed E-state index contributed by atoms with van der Waals surface area (Å²) in [6, 6.07) is 3.86. The van der Waals surface area contributed by atoms with Gasteiger partial charge in [-0.15, -0.1) is 0 Å². The molecule has 0 saturated heterocycles. The Labute approximate surface area is 103 Å². The number of methoxy groups -OCH3 is 1. The van der Waals surface area contributed by atoms with Crippen LogP contribution in [-0.2, 0) is 6.54 Å². The Morgan fingerprint density at radius 2 is 2.12 bits per heavy atom. The van der Waals surface area contributed by atoms with Gasteiger partial charge in [-0.1, -0.05) is 13.0 Å². The summed E-state index contributed by atoms with van der Waals surface area (Å²) in [5.74, 6) is 0.623. The summed E-state index contributed by atoms with van der Waals surface area (Å²) >= 11 is 0. The first-order chi connectivity index (χ1) is 8.03. The molecular formula is C13H22N2O2. The Balaban J connectivity index is 2.73. The Hall–Kier alpha value is -1.13. The van der Waals surface area contributed by atoms with Gasteiger partial charge in [0, 0.05) is 24.3 Å². The Bertz CT molecular complexity index is 336. The number of pyridine rings is 1. The van der Waals surface area contributed by atoms with Gasteiger partial charge in [0.15, 0.2) is 0 Å². The summed E-state index contributed by atoms with van der Waals surface area (Å²) in [5, 5.41) is 9.38. The summed E-state index contributed by atoms with van der Waals surface area (Å²) in [7, 11) is 1.61. The van der Waals surface area contributed by atoms with Crippen LogP contribution in [0.15, 0.2) is 18.3 Å². The normalized spacial score (nSPS) is 11.9. The molecule has 1 aromatic rings. The summed E-state index contributed by atoms with van der Waals surface area (Å²) in [6.07, 6.45) is 1.81. The van der Waals surface area contributed by atoms with Crippen molar-refractivity contribution in [2.24, 2.45) is 0 Å². The second-order valence-electron chi connectivity index (χ2n) is 4.69. The minimum absolute atomic E-state index is 0.143. The Morgan fingerprint density at radius 3 is 2.53 bits per heavy atom. The minimum atomic E-state index is -0.214. The number of aliphatic hydroxyl groups excluding tert-OH is 1. The number of hydrogen-bond acceptors (Lipinski definition) is 4. The number of aromatic nitrogens is 1. The molecule has 17 heavy (non-hydrogen) atoms. The first-order valence-electron chi connectivity index (χ1n) is 5.88. The zero-order chi connectivity index (χ0) is 12.9. The summed E-state index contributed by atoms with van der Waals surface area (Å²) in [6.45, 7) is 7.97. The molecule has 0 amide bonds. The average Bonchev–Trinajstić information content (AvgIpc) is 2.36. The van der Waals surface area contributed by atoms with Crippen LogP contribution < -0.4 is 4.74 Å². The molecule has 0 aromatic carbocycles. The van der Waals surface area contributed by atoms with Crippen molar-refractivity contribution in [3.05, 3.63) is 23.9 Å². The fourth-order valence-electron chi connectivity index (χ4n) is 1.70. The first-order valence-corrected chi connectivity index (χ1v) is 5.88. The average molecular weight is 238 g/mol. The third kappa shape index (κ3) is 3.68. The lowest BCUT2D eigenvalue weighted by Crippen LogP contribution is -2.46. The maximum atomic E-state index is 9.38. The van der Waals surface area contributed by atoms with Gasteiger partial charge in [-0.3, -0.25) is 4.90 Å². The van der Waals surface area contributed by atoms with Crippen molar-refractivity contribution < 1.29 is 9.84 Å². The van der Waals surface area contributed by atoms with Gasteiger partial charge in [-0.2, -0.15) is 0 Å². The molecule has 0 radical (unpaired) electrons. The van der Waals surface area contributed by atoms with Crippen LogP contribution in [0, 0.1) is 0 Å². The van der Waals surface area contributed by atoms with Crippen molar-refractivity contribution in [3.8, 4) is 5.88 Å². The van der Waals surface area contributed by atoms with Gasteiger partial charge in [0.05, 0.1) is 13.7 Å². The Kier molecular flexibility index (Phi) is 4.90. The van der Waals surface area contributed by atoms with Crippen molar-refractivity contribution in [1.82, 2.24) is 9.88 Å². The van der Waals surface area contributed by atoms with Crippen LogP contribution in [0.2, 0.25) is 0 Å². The maximum Gasteiger partial charge on any atom is 0.212 e. The highest BCUT2D eigenvalue weighted by molar-refractivity contribution is 5.17. The molecule has 0 aliphatic heterocycles. The van der Waals surface area contributed by atoms with E-state index in [4.69, 9.17) is 4.74 Å². The summed E-state index contributed by atoms with van der Waals surface area (Å²) in [4.78, 5) is 6.40. The van der Waals surface area contributed by atoms with E-state index in [1.54, 1.807) is 7.11 Å². The molecule has 1 heterocycles. The van der Waals surface area contributed by atoms with E-state index in [0.29, 0.717) is 5.88 Å². The molecule has 0 atom stereocenters. The lowest BCUT2D eigenvalue weighted by molar-refractivity contribution is 0.0550. The molecule has 1 N–H and O–H groups in total. The number of nitrogens with zero attached hydrogens (tertiary/aromatic N) is 2. The molecule has 0 aliphatic rings. The number of aliphatic hydroxyl groups is 1. The van der Waals surface area contributed by atoms with Gasteiger partial charge in [0.2, 0.25) is 5.88 Å². The zero-order valence-electron chi connectivity index (χ0n) is 11.1. The van der Waals surface area contributed by atoms with Crippen molar-refractivity contribution in [3.63, 3.8) is 0 Å². The van der Waals surface area contributed by atoms with Gasteiger partial charge in [0.25, 0.3) is 0 Å². The topological polar surface area (TPSA) is 45.6 Å². The molecule has 0 saturated carbocycles. The smallest absolute Gasteiger partial charge is 0.212 e. The van der Waals surface area contributed by atoms with E-state index in [9.17, 15) is 5.11 Å². The van der Waals surface area contributed by atoms with E-state index < -0.39 is 0 Å². The van der Waals surface area contributed by atoms with Crippen molar-refractivity contribution in [1.29, 1.82) is 0 Å². The predicted octanol–water partition coefficient (Wildman–Crippen LogP) is 1.68.